The summed E-state index contributed by atoms with van der Waals surface area (Å²) < 4.78 is 10.7. The van der Waals surface area contributed by atoms with Crippen LogP contribution in [0.4, 0.5) is 0 Å². The number of methoxy groups -OCH3 is 2. The summed E-state index contributed by atoms with van der Waals surface area (Å²) in [5, 5.41) is 0. The van der Waals surface area contributed by atoms with Gasteiger partial charge in [0.1, 0.15) is 5.75 Å². The molecule has 0 amide bonds. The summed E-state index contributed by atoms with van der Waals surface area (Å²) in [7, 11) is 3.23. The minimum atomic E-state index is -0.360. The van der Waals surface area contributed by atoms with Gasteiger partial charge in [0.15, 0.2) is 0 Å². The fraction of sp³-hybridized carbons (Fsp3) is 0.632. The molecule has 3 rings (SSSR count). The van der Waals surface area contributed by atoms with Crippen molar-refractivity contribution in [2.75, 3.05) is 14.2 Å². The molecule has 0 unspecified atom stereocenters. The fourth-order valence-electron chi connectivity index (χ4n) is 4.81. The van der Waals surface area contributed by atoms with Crippen molar-refractivity contribution in [3.05, 3.63) is 29.3 Å². The Bertz CT molecular complexity index is 580. The van der Waals surface area contributed by atoms with E-state index in [1.807, 2.05) is 6.07 Å². The van der Waals surface area contributed by atoms with E-state index in [0.29, 0.717) is 11.8 Å². The van der Waals surface area contributed by atoms with Gasteiger partial charge in [-0.05, 0) is 60.8 Å². The molecule has 0 bridgehead atoms. The van der Waals surface area contributed by atoms with E-state index >= 15 is 0 Å². The van der Waals surface area contributed by atoms with Crippen molar-refractivity contribution in [1.29, 1.82) is 0 Å². The SMILES string of the molecule is COC(=O)[C@@]12CC[C@@H](C)c3ccc(OC)cc3[C@H]1CC[C@H]2C. The van der Waals surface area contributed by atoms with Crippen molar-refractivity contribution in [2.45, 2.75) is 51.4 Å². The first-order valence-electron chi connectivity index (χ1n) is 8.30. The van der Waals surface area contributed by atoms with E-state index in [-0.39, 0.29) is 17.3 Å². The monoisotopic (exact) mass is 302 g/mol. The highest BCUT2D eigenvalue weighted by molar-refractivity contribution is 5.79. The predicted octanol–water partition coefficient (Wildman–Crippen LogP) is 4.27. The molecular formula is C19H26O3. The van der Waals surface area contributed by atoms with Gasteiger partial charge in [-0.2, -0.15) is 0 Å². The van der Waals surface area contributed by atoms with E-state index in [4.69, 9.17) is 9.47 Å². The van der Waals surface area contributed by atoms with Gasteiger partial charge >= 0.3 is 5.97 Å². The lowest BCUT2D eigenvalue weighted by Crippen LogP contribution is -2.39. The van der Waals surface area contributed by atoms with Gasteiger partial charge in [-0.3, -0.25) is 4.79 Å². The molecule has 120 valence electrons. The first-order valence-corrected chi connectivity index (χ1v) is 8.30. The average molecular weight is 302 g/mol. The predicted molar refractivity (Wildman–Crippen MR) is 86.2 cm³/mol. The van der Waals surface area contributed by atoms with Crippen LogP contribution >= 0.6 is 0 Å². The highest BCUT2D eigenvalue weighted by atomic mass is 16.5. The van der Waals surface area contributed by atoms with Crippen LogP contribution in [0.15, 0.2) is 18.2 Å². The van der Waals surface area contributed by atoms with Gasteiger partial charge in [-0.1, -0.05) is 19.9 Å². The number of benzene rings is 1. The number of fused-ring (bicyclic) bond motifs is 3. The van der Waals surface area contributed by atoms with Crippen LogP contribution in [0.5, 0.6) is 5.75 Å². The lowest BCUT2D eigenvalue weighted by Gasteiger charge is -2.35. The van der Waals surface area contributed by atoms with E-state index in [9.17, 15) is 4.79 Å². The van der Waals surface area contributed by atoms with Crippen molar-refractivity contribution in [1.82, 2.24) is 0 Å². The lowest BCUT2D eigenvalue weighted by atomic mass is 9.68. The molecule has 0 N–H and O–H groups in total. The molecule has 3 heteroatoms. The summed E-state index contributed by atoms with van der Waals surface area (Å²) in [6.07, 6.45) is 4.10. The molecule has 4 atom stereocenters. The molecule has 0 saturated heterocycles. The molecule has 0 heterocycles. The molecule has 1 fully saturated rings. The van der Waals surface area contributed by atoms with Crippen molar-refractivity contribution >= 4 is 5.97 Å². The first kappa shape index (κ1) is 15.4. The largest absolute Gasteiger partial charge is 0.497 e. The highest BCUT2D eigenvalue weighted by Crippen LogP contribution is 2.60. The number of rotatable bonds is 2. The normalized spacial score (nSPS) is 33.5. The van der Waals surface area contributed by atoms with Crippen LogP contribution in [0, 0.1) is 11.3 Å². The number of carbonyl (C=O) groups is 1. The van der Waals surface area contributed by atoms with Gasteiger partial charge in [-0.15, -0.1) is 0 Å². The second-order valence-electron chi connectivity index (χ2n) is 7.00. The maximum atomic E-state index is 12.8. The lowest BCUT2D eigenvalue weighted by molar-refractivity contribution is -0.156. The van der Waals surface area contributed by atoms with E-state index in [1.54, 1.807) is 7.11 Å². The van der Waals surface area contributed by atoms with Gasteiger partial charge in [0.2, 0.25) is 0 Å². The zero-order chi connectivity index (χ0) is 15.9. The zero-order valence-electron chi connectivity index (χ0n) is 14.0. The minimum absolute atomic E-state index is 0.0228. The quantitative estimate of drug-likeness (QED) is 0.766. The number of carbonyl (C=O) groups excluding carboxylic acids is 1. The van der Waals surface area contributed by atoms with Crippen molar-refractivity contribution < 1.29 is 14.3 Å². The van der Waals surface area contributed by atoms with Gasteiger partial charge in [0.05, 0.1) is 19.6 Å². The number of hydrogen-bond acceptors (Lipinski definition) is 3. The Labute approximate surface area is 133 Å². The molecule has 2 aliphatic rings. The van der Waals surface area contributed by atoms with E-state index < -0.39 is 0 Å². The van der Waals surface area contributed by atoms with Crippen LogP contribution in [-0.4, -0.2) is 20.2 Å². The fourth-order valence-corrected chi connectivity index (χ4v) is 4.81. The zero-order valence-corrected chi connectivity index (χ0v) is 14.0. The Hall–Kier alpha value is -1.51. The second-order valence-corrected chi connectivity index (χ2v) is 7.00. The molecule has 0 aliphatic heterocycles. The standard InChI is InChI=1S/C19H26O3/c1-12-9-10-19(18(20)22-4)13(2)5-8-17(19)16-11-14(21-3)6-7-15(12)16/h6-7,11-13,17H,5,8-10H2,1-4H3/t12-,13-,17-,19-/m1/s1. The molecular weight excluding hydrogens is 276 g/mol. The molecule has 22 heavy (non-hydrogen) atoms. The smallest absolute Gasteiger partial charge is 0.312 e. The first-order chi connectivity index (χ1) is 10.5. The molecule has 2 aliphatic carbocycles. The topological polar surface area (TPSA) is 35.5 Å². The van der Waals surface area contributed by atoms with Gasteiger partial charge in [0, 0.05) is 5.92 Å². The molecule has 3 nitrogen and oxygen atoms in total. The average Bonchev–Trinajstić information content (AvgIpc) is 2.82. The molecule has 1 aromatic rings. The summed E-state index contributed by atoms with van der Waals surface area (Å²) in [6.45, 7) is 4.48. The van der Waals surface area contributed by atoms with Crippen LogP contribution in [0.25, 0.3) is 0 Å². The van der Waals surface area contributed by atoms with Crippen LogP contribution < -0.4 is 4.74 Å². The molecule has 1 aromatic carbocycles. The van der Waals surface area contributed by atoms with Gasteiger partial charge in [0.25, 0.3) is 0 Å². The number of ether oxygens (including phenoxy) is 2. The van der Waals surface area contributed by atoms with Crippen LogP contribution in [0.2, 0.25) is 0 Å². The van der Waals surface area contributed by atoms with Crippen molar-refractivity contribution in [2.24, 2.45) is 11.3 Å². The summed E-state index contributed by atoms with van der Waals surface area (Å²) in [5.74, 6) is 1.95. The van der Waals surface area contributed by atoms with Gasteiger partial charge in [-0.25, -0.2) is 0 Å². The maximum absolute atomic E-state index is 12.8. The third kappa shape index (κ3) is 2.05. The highest BCUT2D eigenvalue weighted by Gasteiger charge is 2.56. The van der Waals surface area contributed by atoms with Crippen LogP contribution in [0.3, 0.4) is 0 Å². The Morgan fingerprint density at radius 2 is 1.91 bits per heavy atom. The Balaban J connectivity index is 2.17. The molecule has 0 radical (unpaired) electrons. The number of hydrogen-bond donors (Lipinski definition) is 0. The summed E-state index contributed by atoms with van der Waals surface area (Å²) >= 11 is 0. The van der Waals surface area contributed by atoms with Crippen LogP contribution in [0.1, 0.15) is 62.5 Å². The molecule has 1 saturated carbocycles. The number of esters is 1. The van der Waals surface area contributed by atoms with Crippen molar-refractivity contribution in [3.63, 3.8) is 0 Å². The van der Waals surface area contributed by atoms with E-state index in [1.165, 1.54) is 18.2 Å². The Kier molecular flexibility index (Phi) is 3.92. The Morgan fingerprint density at radius 3 is 2.59 bits per heavy atom. The van der Waals surface area contributed by atoms with Crippen LogP contribution in [-0.2, 0) is 9.53 Å². The summed E-state index contributed by atoms with van der Waals surface area (Å²) in [5.41, 5.74) is 2.32. The molecule has 0 aromatic heterocycles. The van der Waals surface area contributed by atoms with E-state index in [0.717, 1.165) is 31.4 Å². The minimum Gasteiger partial charge on any atom is -0.497 e. The third-order valence-electron chi connectivity index (χ3n) is 6.15. The second kappa shape index (κ2) is 5.60. The van der Waals surface area contributed by atoms with E-state index in [2.05, 4.69) is 26.0 Å². The summed E-state index contributed by atoms with van der Waals surface area (Å²) in [6, 6.07) is 6.38. The van der Waals surface area contributed by atoms with Crippen molar-refractivity contribution in [3.8, 4) is 5.75 Å². The third-order valence-corrected chi connectivity index (χ3v) is 6.15. The maximum Gasteiger partial charge on any atom is 0.312 e. The Morgan fingerprint density at radius 1 is 1.14 bits per heavy atom. The summed E-state index contributed by atoms with van der Waals surface area (Å²) in [4.78, 5) is 12.8. The van der Waals surface area contributed by atoms with Gasteiger partial charge < -0.3 is 9.47 Å². The molecule has 0 spiro atoms.